The molecule has 1 heterocycles. The van der Waals surface area contributed by atoms with Gasteiger partial charge in [-0.2, -0.15) is 0 Å². The first-order valence-corrected chi connectivity index (χ1v) is 7.55. The van der Waals surface area contributed by atoms with E-state index in [1.807, 2.05) is 18.2 Å². The summed E-state index contributed by atoms with van der Waals surface area (Å²) in [4.78, 5) is 4.56. The van der Waals surface area contributed by atoms with Gasteiger partial charge in [-0.25, -0.2) is 0 Å². The average Bonchev–Trinajstić information content (AvgIpc) is 2.65. The molecular weight excluding hydrogens is 276 g/mol. The number of rotatable bonds is 4. The minimum absolute atomic E-state index is 0.212. The molecule has 20 heavy (non-hydrogen) atoms. The molecule has 4 nitrogen and oxygen atoms in total. The molecule has 0 amide bonds. The molecule has 0 saturated carbocycles. The van der Waals surface area contributed by atoms with Crippen LogP contribution < -0.4 is 4.90 Å². The monoisotopic (exact) mass is 298 g/mol. The topological polar surface area (TPSA) is 46.9 Å². The van der Waals surface area contributed by atoms with Crippen LogP contribution in [0.15, 0.2) is 18.2 Å². The Balaban J connectivity index is 2.07. The normalized spacial score (nSPS) is 18.9. The number of hydrogen-bond acceptors (Lipinski definition) is 4. The quantitative estimate of drug-likeness (QED) is 0.891. The van der Waals surface area contributed by atoms with Crippen LogP contribution in [0.1, 0.15) is 25.0 Å². The predicted octanol–water partition coefficient (Wildman–Crippen LogP) is 1.90. The second-order valence-corrected chi connectivity index (χ2v) is 5.70. The number of aliphatic hydroxyl groups is 2. The number of halogens is 1. The maximum atomic E-state index is 9.59. The highest BCUT2D eigenvalue weighted by atomic mass is 35.5. The SMILES string of the molecule is C[C@H](O)c1ccc(N2CCCN(CCO)CC2)c(Cl)c1. The molecule has 1 aromatic rings. The lowest BCUT2D eigenvalue weighted by Gasteiger charge is -2.25. The molecule has 1 saturated heterocycles. The number of aliphatic hydroxyl groups excluding tert-OH is 2. The highest BCUT2D eigenvalue weighted by Gasteiger charge is 2.17. The van der Waals surface area contributed by atoms with E-state index in [-0.39, 0.29) is 6.61 Å². The lowest BCUT2D eigenvalue weighted by atomic mass is 10.1. The molecule has 1 atom stereocenters. The molecule has 1 aromatic carbocycles. The van der Waals surface area contributed by atoms with Crippen LogP contribution in [0.5, 0.6) is 0 Å². The lowest BCUT2D eigenvalue weighted by Crippen LogP contribution is -2.32. The van der Waals surface area contributed by atoms with E-state index < -0.39 is 6.10 Å². The van der Waals surface area contributed by atoms with Crippen LogP contribution in [0.2, 0.25) is 5.02 Å². The van der Waals surface area contributed by atoms with E-state index in [0.717, 1.165) is 50.4 Å². The standard InChI is InChI=1S/C15H23ClN2O2/c1-12(20)13-3-4-15(14(16)11-13)18-6-2-5-17(7-8-18)9-10-19/h3-4,11-12,19-20H,2,5-10H2,1H3/t12-/m0/s1. The summed E-state index contributed by atoms with van der Waals surface area (Å²) in [7, 11) is 0. The Morgan fingerprint density at radius 2 is 2.05 bits per heavy atom. The molecule has 2 N–H and O–H groups in total. The van der Waals surface area contributed by atoms with E-state index in [1.165, 1.54) is 0 Å². The van der Waals surface area contributed by atoms with E-state index in [4.69, 9.17) is 16.7 Å². The van der Waals surface area contributed by atoms with Crippen molar-refractivity contribution in [1.29, 1.82) is 0 Å². The molecule has 112 valence electrons. The zero-order chi connectivity index (χ0) is 14.5. The molecule has 0 spiro atoms. The number of benzene rings is 1. The summed E-state index contributed by atoms with van der Waals surface area (Å²) >= 11 is 6.35. The molecule has 1 fully saturated rings. The van der Waals surface area contributed by atoms with Crippen molar-refractivity contribution in [2.24, 2.45) is 0 Å². The molecular formula is C15H23ClN2O2. The summed E-state index contributed by atoms with van der Waals surface area (Å²) in [6.45, 7) is 6.52. The summed E-state index contributed by atoms with van der Waals surface area (Å²) in [6, 6.07) is 5.77. The number of hydrogen-bond donors (Lipinski definition) is 2. The van der Waals surface area contributed by atoms with Crippen LogP contribution in [0.3, 0.4) is 0 Å². The van der Waals surface area contributed by atoms with Crippen LogP contribution in [0, 0.1) is 0 Å². The molecule has 2 rings (SSSR count). The Hall–Kier alpha value is -0.810. The highest BCUT2D eigenvalue weighted by Crippen LogP contribution is 2.29. The van der Waals surface area contributed by atoms with Crippen LogP contribution in [0.25, 0.3) is 0 Å². The summed E-state index contributed by atoms with van der Waals surface area (Å²) < 4.78 is 0. The maximum Gasteiger partial charge on any atom is 0.0762 e. The molecule has 1 aliphatic rings. The fourth-order valence-electron chi connectivity index (χ4n) is 2.62. The summed E-state index contributed by atoms with van der Waals surface area (Å²) in [5, 5.41) is 19.3. The van der Waals surface area contributed by atoms with Gasteiger partial charge in [-0.3, -0.25) is 4.90 Å². The molecule has 0 unspecified atom stereocenters. The van der Waals surface area contributed by atoms with Gasteiger partial charge in [-0.15, -0.1) is 0 Å². The minimum Gasteiger partial charge on any atom is -0.395 e. The van der Waals surface area contributed by atoms with Gasteiger partial charge in [-0.05, 0) is 37.6 Å². The van der Waals surface area contributed by atoms with Gasteiger partial charge < -0.3 is 15.1 Å². The Morgan fingerprint density at radius 3 is 2.70 bits per heavy atom. The third-order valence-corrected chi connectivity index (χ3v) is 4.10. The largest absolute Gasteiger partial charge is 0.395 e. The van der Waals surface area contributed by atoms with Crippen LogP contribution in [0.4, 0.5) is 5.69 Å². The smallest absolute Gasteiger partial charge is 0.0762 e. The van der Waals surface area contributed by atoms with Gasteiger partial charge in [-0.1, -0.05) is 17.7 Å². The third kappa shape index (κ3) is 3.85. The first-order chi connectivity index (χ1) is 9.61. The zero-order valence-corrected chi connectivity index (χ0v) is 12.7. The highest BCUT2D eigenvalue weighted by molar-refractivity contribution is 6.33. The van der Waals surface area contributed by atoms with Crippen molar-refractivity contribution in [2.45, 2.75) is 19.4 Å². The van der Waals surface area contributed by atoms with Crippen molar-refractivity contribution in [1.82, 2.24) is 4.90 Å². The van der Waals surface area contributed by atoms with E-state index in [0.29, 0.717) is 5.02 Å². The molecule has 5 heteroatoms. The fraction of sp³-hybridized carbons (Fsp3) is 0.600. The second-order valence-electron chi connectivity index (χ2n) is 5.29. The van der Waals surface area contributed by atoms with Crippen molar-refractivity contribution in [3.8, 4) is 0 Å². The van der Waals surface area contributed by atoms with Gasteiger partial charge in [0.25, 0.3) is 0 Å². The third-order valence-electron chi connectivity index (χ3n) is 3.80. The van der Waals surface area contributed by atoms with Crippen LogP contribution >= 0.6 is 11.6 Å². The van der Waals surface area contributed by atoms with Crippen molar-refractivity contribution < 1.29 is 10.2 Å². The zero-order valence-electron chi connectivity index (χ0n) is 11.9. The first kappa shape index (κ1) is 15.6. The minimum atomic E-state index is -0.495. The van der Waals surface area contributed by atoms with Crippen molar-refractivity contribution in [3.63, 3.8) is 0 Å². The van der Waals surface area contributed by atoms with Crippen molar-refractivity contribution in [2.75, 3.05) is 44.2 Å². The van der Waals surface area contributed by atoms with Crippen LogP contribution in [-0.2, 0) is 0 Å². The van der Waals surface area contributed by atoms with Gasteiger partial charge in [0.15, 0.2) is 0 Å². The molecule has 0 radical (unpaired) electrons. The van der Waals surface area contributed by atoms with Gasteiger partial charge in [0.1, 0.15) is 0 Å². The average molecular weight is 299 g/mol. The molecule has 1 aliphatic heterocycles. The van der Waals surface area contributed by atoms with Gasteiger partial charge in [0.05, 0.1) is 23.4 Å². The van der Waals surface area contributed by atoms with E-state index in [9.17, 15) is 5.11 Å². The molecule has 0 bridgehead atoms. The van der Waals surface area contributed by atoms with Gasteiger partial charge >= 0.3 is 0 Å². The Bertz CT molecular complexity index is 440. The van der Waals surface area contributed by atoms with Gasteiger partial charge in [0, 0.05) is 26.2 Å². The molecule has 0 aromatic heterocycles. The van der Waals surface area contributed by atoms with E-state index in [1.54, 1.807) is 6.92 Å². The Labute approximate surface area is 125 Å². The number of β-amino-alcohol motifs (C(OH)–C–C–N with tert-alkyl or cyclic N) is 1. The Kier molecular flexibility index (Phi) is 5.66. The number of anilines is 1. The first-order valence-electron chi connectivity index (χ1n) is 7.17. The van der Waals surface area contributed by atoms with Crippen LogP contribution in [-0.4, -0.2) is 54.4 Å². The summed E-state index contributed by atoms with van der Waals surface area (Å²) in [6.07, 6.45) is 0.569. The molecule has 0 aliphatic carbocycles. The summed E-state index contributed by atoms with van der Waals surface area (Å²) in [5.74, 6) is 0. The fourth-order valence-corrected chi connectivity index (χ4v) is 2.92. The predicted molar refractivity (Wildman–Crippen MR) is 82.4 cm³/mol. The van der Waals surface area contributed by atoms with Crippen molar-refractivity contribution in [3.05, 3.63) is 28.8 Å². The lowest BCUT2D eigenvalue weighted by molar-refractivity contribution is 0.199. The van der Waals surface area contributed by atoms with E-state index in [2.05, 4.69) is 9.80 Å². The summed E-state index contributed by atoms with van der Waals surface area (Å²) in [5.41, 5.74) is 1.87. The van der Waals surface area contributed by atoms with E-state index >= 15 is 0 Å². The Morgan fingerprint density at radius 1 is 1.25 bits per heavy atom. The maximum absolute atomic E-state index is 9.59. The number of nitrogens with zero attached hydrogens (tertiary/aromatic N) is 2. The van der Waals surface area contributed by atoms with Crippen molar-refractivity contribution >= 4 is 17.3 Å². The second kappa shape index (κ2) is 7.27. The van der Waals surface area contributed by atoms with Gasteiger partial charge in [0.2, 0.25) is 0 Å².